The summed E-state index contributed by atoms with van der Waals surface area (Å²) in [5.41, 5.74) is 8.92. The molecule has 0 radical (unpaired) electrons. The molecule has 0 fully saturated rings. The quantitative estimate of drug-likeness (QED) is 0.192. The lowest BCUT2D eigenvalue weighted by atomic mass is 10.1. The predicted octanol–water partition coefficient (Wildman–Crippen LogP) is 12.1. The Morgan fingerprint density at radius 3 is 1.61 bits per heavy atom. The van der Waals surface area contributed by atoms with Crippen LogP contribution in [-0.2, 0) is 0 Å². The molecule has 0 aliphatic rings. The summed E-state index contributed by atoms with van der Waals surface area (Å²) < 4.78 is 13.8. The molecule has 214 valence electrons. The van der Waals surface area contributed by atoms with Crippen molar-refractivity contribution >= 4 is 97.1 Å². The van der Waals surface area contributed by atoms with E-state index < -0.39 is 0 Å². The summed E-state index contributed by atoms with van der Waals surface area (Å²) >= 11 is 1.86. The summed E-state index contributed by atoms with van der Waals surface area (Å²) in [7, 11) is 0. The monoisotopic (exact) mass is 604 g/mol. The lowest BCUT2D eigenvalue weighted by Crippen LogP contribution is -1.98. The van der Waals surface area contributed by atoms with Crippen LogP contribution in [0.25, 0.3) is 97.1 Å². The van der Waals surface area contributed by atoms with Crippen LogP contribution in [0.5, 0.6) is 0 Å². The highest BCUT2D eigenvalue weighted by Gasteiger charge is 2.22. The van der Waals surface area contributed by atoms with Crippen LogP contribution in [0.15, 0.2) is 150 Å². The summed E-state index contributed by atoms with van der Waals surface area (Å²) in [6.45, 7) is 0. The Labute approximate surface area is 266 Å². The molecule has 0 saturated heterocycles. The molecule has 0 aliphatic carbocycles. The standard InChI is InChI=1S/C42H24N2OS/c1-5-13-35-27(9-1)31-19-20-32-28-10-2-6-14-36(28)44(26-18-22-40-34(24-26)30-12-4-8-16-39(30)46-40)42(32)41(31)43(35)25-17-21-38-33(23-25)29-11-3-7-15-37(29)45-38/h1-24H. The second-order valence-corrected chi connectivity index (χ2v) is 13.2. The van der Waals surface area contributed by atoms with Crippen LogP contribution in [0.3, 0.4) is 0 Å². The highest BCUT2D eigenvalue weighted by atomic mass is 32.1. The second-order valence-electron chi connectivity index (χ2n) is 12.1. The summed E-state index contributed by atoms with van der Waals surface area (Å²) in [5.74, 6) is 0. The Balaban J connectivity index is 1.32. The van der Waals surface area contributed by atoms with Gasteiger partial charge in [0, 0.05) is 63.9 Å². The molecule has 11 rings (SSSR count). The first-order chi connectivity index (χ1) is 22.8. The fraction of sp³-hybridized carbons (Fsp3) is 0. The normalized spacial score (nSPS) is 12.3. The molecule has 0 unspecified atom stereocenters. The van der Waals surface area contributed by atoms with Gasteiger partial charge in [-0.05, 0) is 60.7 Å². The van der Waals surface area contributed by atoms with E-state index >= 15 is 0 Å². The summed E-state index contributed by atoms with van der Waals surface area (Å²) in [6, 6.07) is 52.9. The van der Waals surface area contributed by atoms with Gasteiger partial charge in [-0.15, -0.1) is 11.3 Å². The van der Waals surface area contributed by atoms with Crippen molar-refractivity contribution in [3.63, 3.8) is 0 Å². The Bertz CT molecular complexity index is 2830. The van der Waals surface area contributed by atoms with E-state index in [9.17, 15) is 0 Å². The maximum atomic E-state index is 6.23. The first-order valence-electron chi connectivity index (χ1n) is 15.6. The van der Waals surface area contributed by atoms with Gasteiger partial charge in [0.25, 0.3) is 0 Å². The van der Waals surface area contributed by atoms with E-state index in [1.54, 1.807) is 0 Å². The molecule has 0 bridgehead atoms. The van der Waals surface area contributed by atoms with Crippen LogP contribution >= 0.6 is 11.3 Å². The predicted molar refractivity (Wildman–Crippen MR) is 195 cm³/mol. The van der Waals surface area contributed by atoms with Crippen molar-refractivity contribution in [1.29, 1.82) is 0 Å². The molecule has 0 aliphatic heterocycles. The third-order valence-electron chi connectivity index (χ3n) is 9.71. The molecule has 3 nitrogen and oxygen atoms in total. The highest BCUT2D eigenvalue weighted by Crippen LogP contribution is 2.43. The number of nitrogens with zero attached hydrogens (tertiary/aromatic N) is 2. The zero-order chi connectivity index (χ0) is 29.9. The summed E-state index contributed by atoms with van der Waals surface area (Å²) in [6.07, 6.45) is 0. The summed E-state index contributed by atoms with van der Waals surface area (Å²) in [4.78, 5) is 0. The first-order valence-corrected chi connectivity index (χ1v) is 16.4. The van der Waals surface area contributed by atoms with Gasteiger partial charge < -0.3 is 13.6 Å². The molecule has 0 N–H and O–H groups in total. The molecule has 4 heterocycles. The lowest BCUT2D eigenvalue weighted by Gasteiger charge is -2.13. The molecule has 7 aromatic carbocycles. The van der Waals surface area contributed by atoms with Crippen molar-refractivity contribution in [3.8, 4) is 11.4 Å². The molecular weight excluding hydrogens is 581 g/mol. The number of thiophene rings is 1. The lowest BCUT2D eigenvalue weighted by molar-refractivity contribution is 0.669. The Morgan fingerprint density at radius 1 is 0.370 bits per heavy atom. The number of rotatable bonds is 2. The van der Waals surface area contributed by atoms with Gasteiger partial charge in [-0.1, -0.05) is 84.9 Å². The molecule has 0 spiro atoms. The molecular formula is C42H24N2OS. The average Bonchev–Trinajstić information content (AvgIpc) is 3.85. The van der Waals surface area contributed by atoms with E-state index in [0.717, 1.165) is 27.6 Å². The molecule has 4 heteroatoms. The van der Waals surface area contributed by atoms with Crippen LogP contribution in [0.4, 0.5) is 0 Å². The van der Waals surface area contributed by atoms with E-state index in [4.69, 9.17) is 4.42 Å². The van der Waals surface area contributed by atoms with Crippen LogP contribution in [-0.4, -0.2) is 9.13 Å². The van der Waals surface area contributed by atoms with Gasteiger partial charge in [-0.25, -0.2) is 0 Å². The SMILES string of the molecule is c1ccc2c(c1)oc1ccc(-n3c4ccccc4c4ccc5c6ccccc6n(-c6ccc7sc8ccccc8c7c6)c5c43)cc12. The molecule has 0 amide bonds. The Hall–Kier alpha value is -5.84. The van der Waals surface area contributed by atoms with Crippen molar-refractivity contribution < 1.29 is 4.42 Å². The van der Waals surface area contributed by atoms with Gasteiger partial charge in [0.1, 0.15) is 11.2 Å². The van der Waals surface area contributed by atoms with Gasteiger partial charge in [0.15, 0.2) is 0 Å². The van der Waals surface area contributed by atoms with Crippen LogP contribution in [0.1, 0.15) is 0 Å². The molecule has 46 heavy (non-hydrogen) atoms. The average molecular weight is 605 g/mol. The Kier molecular flexibility index (Phi) is 4.72. The van der Waals surface area contributed by atoms with E-state index in [0.29, 0.717) is 0 Å². The number of hydrogen-bond acceptors (Lipinski definition) is 2. The van der Waals surface area contributed by atoms with Gasteiger partial charge in [-0.3, -0.25) is 0 Å². The number of benzene rings is 7. The third kappa shape index (κ3) is 3.16. The number of para-hydroxylation sites is 3. The summed E-state index contributed by atoms with van der Waals surface area (Å²) in [5, 5.41) is 9.86. The largest absolute Gasteiger partial charge is 0.456 e. The Morgan fingerprint density at radius 2 is 0.891 bits per heavy atom. The fourth-order valence-electron chi connectivity index (χ4n) is 7.74. The number of hydrogen-bond donors (Lipinski definition) is 0. The van der Waals surface area contributed by atoms with Gasteiger partial charge in [0.05, 0.1) is 22.1 Å². The highest BCUT2D eigenvalue weighted by molar-refractivity contribution is 7.25. The van der Waals surface area contributed by atoms with E-state index in [1.165, 1.54) is 69.5 Å². The van der Waals surface area contributed by atoms with Crippen molar-refractivity contribution in [2.45, 2.75) is 0 Å². The zero-order valence-electron chi connectivity index (χ0n) is 24.6. The molecule has 0 atom stereocenters. The second kappa shape index (κ2) is 8.87. The van der Waals surface area contributed by atoms with E-state index in [2.05, 4.69) is 143 Å². The van der Waals surface area contributed by atoms with Crippen LogP contribution in [0, 0.1) is 0 Å². The van der Waals surface area contributed by atoms with Crippen molar-refractivity contribution in [1.82, 2.24) is 9.13 Å². The number of furan rings is 1. The maximum absolute atomic E-state index is 6.23. The minimum absolute atomic E-state index is 0.904. The van der Waals surface area contributed by atoms with Crippen LogP contribution in [0.2, 0.25) is 0 Å². The van der Waals surface area contributed by atoms with Crippen molar-refractivity contribution in [3.05, 3.63) is 146 Å². The third-order valence-corrected chi connectivity index (χ3v) is 10.9. The van der Waals surface area contributed by atoms with E-state index in [-0.39, 0.29) is 0 Å². The van der Waals surface area contributed by atoms with Crippen LogP contribution < -0.4 is 0 Å². The van der Waals surface area contributed by atoms with Crippen molar-refractivity contribution in [2.24, 2.45) is 0 Å². The molecule has 11 aromatic rings. The minimum atomic E-state index is 0.904. The van der Waals surface area contributed by atoms with Gasteiger partial charge in [-0.2, -0.15) is 0 Å². The maximum Gasteiger partial charge on any atom is 0.135 e. The zero-order valence-corrected chi connectivity index (χ0v) is 25.4. The smallest absolute Gasteiger partial charge is 0.135 e. The fourth-order valence-corrected chi connectivity index (χ4v) is 8.83. The number of aromatic nitrogens is 2. The first kappa shape index (κ1) is 24.5. The molecule has 4 aromatic heterocycles. The molecule has 0 saturated carbocycles. The topological polar surface area (TPSA) is 23.0 Å². The number of fused-ring (bicyclic) bond motifs is 13. The van der Waals surface area contributed by atoms with Crippen molar-refractivity contribution in [2.75, 3.05) is 0 Å². The van der Waals surface area contributed by atoms with Gasteiger partial charge >= 0.3 is 0 Å². The van der Waals surface area contributed by atoms with Gasteiger partial charge in [0.2, 0.25) is 0 Å². The van der Waals surface area contributed by atoms with E-state index in [1.807, 2.05) is 23.5 Å². The minimum Gasteiger partial charge on any atom is -0.456 e.